The number of nitrogens with one attached hydrogen (secondary N) is 1. The van der Waals surface area contributed by atoms with Gasteiger partial charge in [-0.25, -0.2) is 9.59 Å². The molecule has 0 radical (unpaired) electrons. The minimum atomic E-state index is -0.770. The number of ether oxygens (including phenoxy) is 3. The first-order valence-electron chi connectivity index (χ1n) is 11.5. The predicted molar refractivity (Wildman–Crippen MR) is 126 cm³/mol. The number of nitrogens with zero attached hydrogens (tertiary/aromatic N) is 3. The van der Waals surface area contributed by atoms with E-state index in [-0.39, 0.29) is 18.5 Å². The third kappa shape index (κ3) is 5.11. The van der Waals surface area contributed by atoms with E-state index in [4.69, 9.17) is 14.2 Å². The first kappa shape index (κ1) is 25.4. The SMILES string of the molecule is CCOC(=O)C1=C(CN2CCN(C(C)=O)CC2)N(CC)C(=O)NC1c1cccc(OC)c1OC. The smallest absolute Gasteiger partial charge is 0.338 e. The van der Waals surface area contributed by atoms with Crippen LogP contribution < -0.4 is 14.8 Å². The topological polar surface area (TPSA) is 101 Å². The van der Waals surface area contributed by atoms with Gasteiger partial charge in [0, 0.05) is 57.5 Å². The number of esters is 1. The molecule has 1 N–H and O–H groups in total. The molecule has 1 aromatic carbocycles. The number of rotatable bonds is 8. The predicted octanol–water partition coefficient (Wildman–Crippen LogP) is 1.77. The lowest BCUT2D eigenvalue weighted by Gasteiger charge is -2.40. The van der Waals surface area contributed by atoms with E-state index < -0.39 is 12.0 Å². The van der Waals surface area contributed by atoms with Gasteiger partial charge in [-0.1, -0.05) is 12.1 Å². The molecule has 2 heterocycles. The van der Waals surface area contributed by atoms with Gasteiger partial charge in [-0.3, -0.25) is 14.6 Å². The second kappa shape index (κ2) is 11.2. The molecule has 1 saturated heterocycles. The van der Waals surface area contributed by atoms with E-state index in [1.54, 1.807) is 41.8 Å². The number of methoxy groups -OCH3 is 2. The summed E-state index contributed by atoms with van der Waals surface area (Å²) in [5.41, 5.74) is 1.56. The molecule has 10 heteroatoms. The summed E-state index contributed by atoms with van der Waals surface area (Å²) in [5.74, 6) is 0.491. The Morgan fingerprint density at radius 1 is 1.09 bits per heavy atom. The molecular formula is C24H34N4O6. The van der Waals surface area contributed by atoms with Crippen molar-refractivity contribution in [2.75, 3.05) is 60.1 Å². The highest BCUT2D eigenvalue weighted by atomic mass is 16.5. The van der Waals surface area contributed by atoms with E-state index >= 15 is 0 Å². The molecule has 2 aliphatic heterocycles. The molecule has 1 aromatic rings. The molecule has 10 nitrogen and oxygen atoms in total. The van der Waals surface area contributed by atoms with E-state index in [1.165, 1.54) is 14.2 Å². The van der Waals surface area contributed by atoms with Crippen LogP contribution in [-0.2, 0) is 14.3 Å². The number of piperazine rings is 1. The van der Waals surface area contributed by atoms with Crippen molar-refractivity contribution < 1.29 is 28.6 Å². The monoisotopic (exact) mass is 474 g/mol. The highest BCUT2D eigenvalue weighted by Gasteiger charge is 2.40. The number of carbonyl (C=O) groups excluding carboxylic acids is 3. The van der Waals surface area contributed by atoms with Crippen molar-refractivity contribution in [2.24, 2.45) is 0 Å². The number of benzene rings is 1. The van der Waals surface area contributed by atoms with Crippen LogP contribution in [-0.4, -0.2) is 92.7 Å². The number of hydrogen-bond donors (Lipinski definition) is 1. The summed E-state index contributed by atoms with van der Waals surface area (Å²) < 4.78 is 16.5. The standard InChI is InChI=1S/C24H34N4O6/c1-6-28-18(15-26-11-13-27(14-12-26)16(3)29)20(23(30)34-7-2)21(25-24(28)31)17-9-8-10-19(32-4)22(17)33-5/h8-10,21H,6-7,11-15H2,1-5H3,(H,25,31). The van der Waals surface area contributed by atoms with Gasteiger partial charge in [0.25, 0.3) is 0 Å². The highest BCUT2D eigenvalue weighted by molar-refractivity contribution is 5.95. The van der Waals surface area contributed by atoms with Crippen LogP contribution >= 0.6 is 0 Å². The zero-order chi connectivity index (χ0) is 24.8. The Labute approximate surface area is 200 Å². The molecule has 1 fully saturated rings. The van der Waals surface area contributed by atoms with Crippen molar-refractivity contribution in [3.63, 3.8) is 0 Å². The largest absolute Gasteiger partial charge is 0.493 e. The van der Waals surface area contributed by atoms with Crippen LogP contribution in [0.1, 0.15) is 32.4 Å². The Morgan fingerprint density at radius 2 is 1.79 bits per heavy atom. The Bertz CT molecular complexity index is 955. The summed E-state index contributed by atoms with van der Waals surface area (Å²) in [6.07, 6.45) is 0. The van der Waals surface area contributed by atoms with Crippen LogP contribution in [0.5, 0.6) is 11.5 Å². The minimum Gasteiger partial charge on any atom is -0.493 e. The average Bonchev–Trinajstić information content (AvgIpc) is 2.83. The van der Waals surface area contributed by atoms with E-state index in [0.29, 0.717) is 67.6 Å². The number of likely N-dealkylation sites (N-methyl/N-ethyl adjacent to an activating group) is 1. The Balaban J connectivity index is 2.08. The van der Waals surface area contributed by atoms with Gasteiger partial charge < -0.3 is 24.4 Å². The molecule has 0 aliphatic carbocycles. The van der Waals surface area contributed by atoms with Crippen LogP contribution in [0.4, 0.5) is 4.79 Å². The van der Waals surface area contributed by atoms with Gasteiger partial charge >= 0.3 is 12.0 Å². The van der Waals surface area contributed by atoms with Gasteiger partial charge in [-0.2, -0.15) is 0 Å². The molecule has 3 rings (SSSR count). The lowest BCUT2D eigenvalue weighted by molar-refractivity contribution is -0.139. The quantitative estimate of drug-likeness (QED) is 0.573. The molecule has 34 heavy (non-hydrogen) atoms. The van der Waals surface area contributed by atoms with E-state index in [0.717, 1.165) is 0 Å². The van der Waals surface area contributed by atoms with Gasteiger partial charge in [0.1, 0.15) is 0 Å². The van der Waals surface area contributed by atoms with Crippen LogP contribution in [0.25, 0.3) is 0 Å². The Hall–Kier alpha value is -3.27. The Morgan fingerprint density at radius 3 is 2.35 bits per heavy atom. The maximum absolute atomic E-state index is 13.3. The average molecular weight is 475 g/mol. The fraction of sp³-hybridized carbons (Fsp3) is 0.542. The van der Waals surface area contributed by atoms with Crippen molar-refractivity contribution in [1.29, 1.82) is 0 Å². The van der Waals surface area contributed by atoms with Gasteiger partial charge in [0.15, 0.2) is 11.5 Å². The number of para-hydroxylation sites is 1. The normalized spacial score (nSPS) is 19.1. The first-order valence-corrected chi connectivity index (χ1v) is 11.5. The van der Waals surface area contributed by atoms with E-state index in [1.807, 2.05) is 6.92 Å². The third-order valence-electron chi connectivity index (χ3n) is 6.19. The lowest BCUT2D eigenvalue weighted by atomic mass is 9.93. The number of amides is 3. The van der Waals surface area contributed by atoms with Gasteiger partial charge in [-0.05, 0) is 19.9 Å². The number of hydrogen-bond acceptors (Lipinski definition) is 7. The zero-order valence-corrected chi connectivity index (χ0v) is 20.6. The maximum Gasteiger partial charge on any atom is 0.338 e. The van der Waals surface area contributed by atoms with Crippen molar-refractivity contribution in [1.82, 2.24) is 20.0 Å². The van der Waals surface area contributed by atoms with Crippen LogP contribution in [0, 0.1) is 0 Å². The van der Waals surface area contributed by atoms with Crippen LogP contribution in [0.15, 0.2) is 29.5 Å². The fourth-order valence-corrected chi connectivity index (χ4v) is 4.46. The van der Waals surface area contributed by atoms with Crippen molar-refractivity contribution >= 4 is 17.9 Å². The summed E-state index contributed by atoms with van der Waals surface area (Å²) in [4.78, 5) is 43.7. The molecule has 0 saturated carbocycles. The summed E-state index contributed by atoms with van der Waals surface area (Å²) in [7, 11) is 3.06. The highest BCUT2D eigenvalue weighted by Crippen LogP contribution is 2.40. The summed E-state index contributed by atoms with van der Waals surface area (Å²) in [6.45, 7) is 8.64. The molecule has 2 aliphatic rings. The summed E-state index contributed by atoms with van der Waals surface area (Å²) >= 11 is 0. The molecule has 0 bridgehead atoms. The van der Waals surface area contributed by atoms with Gasteiger partial charge in [0.05, 0.1) is 32.4 Å². The Kier molecular flexibility index (Phi) is 8.38. The molecule has 186 valence electrons. The van der Waals surface area contributed by atoms with Crippen LogP contribution in [0.3, 0.4) is 0 Å². The summed E-state index contributed by atoms with van der Waals surface area (Å²) in [5, 5.41) is 2.96. The molecule has 1 unspecified atom stereocenters. The second-order valence-electron chi connectivity index (χ2n) is 8.07. The van der Waals surface area contributed by atoms with E-state index in [2.05, 4.69) is 10.2 Å². The van der Waals surface area contributed by atoms with Crippen molar-refractivity contribution in [3.8, 4) is 11.5 Å². The summed E-state index contributed by atoms with van der Waals surface area (Å²) in [6, 6.07) is 4.28. The third-order valence-corrected chi connectivity index (χ3v) is 6.19. The molecule has 1 atom stereocenters. The van der Waals surface area contributed by atoms with Crippen LogP contribution in [0.2, 0.25) is 0 Å². The minimum absolute atomic E-state index is 0.0449. The maximum atomic E-state index is 13.3. The molecule has 0 spiro atoms. The van der Waals surface area contributed by atoms with Crippen molar-refractivity contribution in [3.05, 3.63) is 35.0 Å². The molecular weight excluding hydrogens is 440 g/mol. The fourth-order valence-electron chi connectivity index (χ4n) is 4.46. The second-order valence-corrected chi connectivity index (χ2v) is 8.07. The molecule has 0 aromatic heterocycles. The molecule has 3 amide bonds. The lowest BCUT2D eigenvalue weighted by Crippen LogP contribution is -2.53. The number of urea groups is 1. The van der Waals surface area contributed by atoms with E-state index in [9.17, 15) is 14.4 Å². The van der Waals surface area contributed by atoms with Gasteiger partial charge in [0.2, 0.25) is 5.91 Å². The van der Waals surface area contributed by atoms with Crippen molar-refractivity contribution in [2.45, 2.75) is 26.8 Å². The zero-order valence-electron chi connectivity index (χ0n) is 20.6. The first-order chi connectivity index (χ1) is 16.4. The van der Waals surface area contributed by atoms with Gasteiger partial charge in [-0.15, -0.1) is 0 Å². The number of carbonyl (C=O) groups is 3.